The molecule has 2 rings (SSSR count). The van der Waals surface area contributed by atoms with Gasteiger partial charge in [-0.2, -0.15) is 0 Å². The molecule has 0 aromatic heterocycles. The lowest BCUT2D eigenvalue weighted by Crippen LogP contribution is -2.30. The van der Waals surface area contributed by atoms with Crippen LogP contribution in [0.2, 0.25) is 0 Å². The molecule has 16 heavy (non-hydrogen) atoms. The number of benzene rings is 1. The van der Waals surface area contributed by atoms with E-state index >= 15 is 0 Å². The highest BCUT2D eigenvalue weighted by atomic mass is 16.1. The first-order valence-corrected chi connectivity index (χ1v) is 5.57. The number of anilines is 2. The average molecular weight is 219 g/mol. The highest BCUT2D eigenvalue weighted by Gasteiger charge is 2.19. The first kappa shape index (κ1) is 11.0. The highest BCUT2D eigenvalue weighted by Crippen LogP contribution is 2.31. The number of hydrogen-bond donors (Lipinski definition) is 2. The van der Waals surface area contributed by atoms with Gasteiger partial charge in [-0.25, -0.2) is 0 Å². The van der Waals surface area contributed by atoms with E-state index in [2.05, 4.69) is 23.2 Å². The molecular weight excluding hydrogens is 202 g/mol. The van der Waals surface area contributed by atoms with Crippen LogP contribution in [0.15, 0.2) is 18.2 Å². The van der Waals surface area contributed by atoms with Crippen molar-refractivity contribution in [3.8, 4) is 0 Å². The van der Waals surface area contributed by atoms with Gasteiger partial charge >= 0.3 is 0 Å². The molecule has 1 heterocycles. The lowest BCUT2D eigenvalue weighted by atomic mass is 10.1. The van der Waals surface area contributed by atoms with E-state index in [0.29, 0.717) is 13.0 Å². The molecule has 4 nitrogen and oxygen atoms in total. The van der Waals surface area contributed by atoms with Crippen molar-refractivity contribution in [2.24, 2.45) is 5.73 Å². The fourth-order valence-electron chi connectivity index (χ4n) is 2.12. The summed E-state index contributed by atoms with van der Waals surface area (Å²) in [6.07, 6.45) is 0.522. The number of aryl methyl sites for hydroxylation is 1. The predicted octanol–water partition coefficient (Wildman–Crippen LogP) is 1.10. The van der Waals surface area contributed by atoms with E-state index in [1.165, 1.54) is 5.56 Å². The molecule has 0 unspecified atom stereocenters. The molecule has 1 amide bonds. The van der Waals surface area contributed by atoms with E-state index in [-0.39, 0.29) is 5.91 Å². The van der Waals surface area contributed by atoms with Gasteiger partial charge in [0.2, 0.25) is 5.91 Å². The Morgan fingerprint density at radius 1 is 1.50 bits per heavy atom. The molecule has 1 aromatic carbocycles. The van der Waals surface area contributed by atoms with Crippen molar-refractivity contribution in [2.75, 3.05) is 29.9 Å². The van der Waals surface area contributed by atoms with Crippen LogP contribution in [0.25, 0.3) is 0 Å². The molecular formula is C12H17N3O. The fourth-order valence-corrected chi connectivity index (χ4v) is 2.12. The van der Waals surface area contributed by atoms with Gasteiger partial charge in [0.15, 0.2) is 0 Å². The quantitative estimate of drug-likeness (QED) is 0.783. The summed E-state index contributed by atoms with van der Waals surface area (Å²) in [6, 6.07) is 5.95. The molecule has 0 spiro atoms. The summed E-state index contributed by atoms with van der Waals surface area (Å²) >= 11 is 0. The van der Waals surface area contributed by atoms with Gasteiger partial charge < -0.3 is 16.0 Å². The molecule has 3 N–H and O–H groups in total. The lowest BCUT2D eigenvalue weighted by Gasteiger charge is -2.25. The largest absolute Gasteiger partial charge is 0.368 e. The van der Waals surface area contributed by atoms with E-state index in [0.717, 1.165) is 24.5 Å². The summed E-state index contributed by atoms with van der Waals surface area (Å²) in [5.41, 5.74) is 8.79. The van der Waals surface area contributed by atoms with Gasteiger partial charge in [-0.15, -0.1) is 0 Å². The molecule has 0 radical (unpaired) electrons. The zero-order valence-electron chi connectivity index (χ0n) is 9.49. The number of nitrogens with zero attached hydrogens (tertiary/aromatic N) is 1. The smallest absolute Gasteiger partial charge is 0.226 e. The van der Waals surface area contributed by atoms with Crippen molar-refractivity contribution in [3.05, 3.63) is 23.8 Å². The third-order valence-electron chi connectivity index (χ3n) is 2.84. The van der Waals surface area contributed by atoms with Crippen LogP contribution < -0.4 is 16.0 Å². The number of nitrogens with two attached hydrogens (primary N) is 1. The Bertz CT molecular complexity index is 403. The molecule has 4 heteroatoms. The molecule has 0 bridgehead atoms. The van der Waals surface area contributed by atoms with Crippen molar-refractivity contribution in [1.82, 2.24) is 0 Å². The second kappa shape index (κ2) is 4.53. The van der Waals surface area contributed by atoms with Crippen LogP contribution in [0.4, 0.5) is 11.4 Å². The number of nitrogens with one attached hydrogen (secondary N) is 1. The van der Waals surface area contributed by atoms with Crippen LogP contribution in [0.1, 0.15) is 12.0 Å². The van der Waals surface area contributed by atoms with Crippen molar-refractivity contribution in [3.63, 3.8) is 0 Å². The number of hydrogen-bond acceptors (Lipinski definition) is 3. The van der Waals surface area contributed by atoms with Crippen LogP contribution >= 0.6 is 0 Å². The summed E-state index contributed by atoms with van der Waals surface area (Å²) in [5.74, 6) is 0.0753. The zero-order valence-corrected chi connectivity index (χ0v) is 9.49. The van der Waals surface area contributed by atoms with E-state index in [9.17, 15) is 4.79 Å². The monoisotopic (exact) mass is 219 g/mol. The Morgan fingerprint density at radius 3 is 3.06 bits per heavy atom. The minimum absolute atomic E-state index is 0.0753. The number of rotatable bonds is 2. The molecule has 0 saturated carbocycles. The lowest BCUT2D eigenvalue weighted by molar-refractivity contribution is -0.115. The Labute approximate surface area is 95.4 Å². The Morgan fingerprint density at radius 2 is 2.31 bits per heavy atom. The van der Waals surface area contributed by atoms with Crippen molar-refractivity contribution >= 4 is 17.3 Å². The third-order valence-corrected chi connectivity index (χ3v) is 2.84. The topological polar surface area (TPSA) is 58.4 Å². The first-order valence-electron chi connectivity index (χ1n) is 5.57. The number of carbonyl (C=O) groups is 1. The maximum atomic E-state index is 11.5. The van der Waals surface area contributed by atoms with Crippen LogP contribution in [0, 0.1) is 6.92 Å². The van der Waals surface area contributed by atoms with Crippen LogP contribution in [-0.2, 0) is 4.79 Å². The summed E-state index contributed by atoms with van der Waals surface area (Å²) in [6.45, 7) is 4.18. The van der Waals surface area contributed by atoms with Gasteiger partial charge in [0.05, 0.1) is 11.4 Å². The van der Waals surface area contributed by atoms with Gasteiger partial charge in [0, 0.05) is 26.1 Å². The Balaban J connectivity index is 2.43. The van der Waals surface area contributed by atoms with E-state index in [1.807, 2.05) is 12.1 Å². The maximum absolute atomic E-state index is 11.5. The van der Waals surface area contributed by atoms with Gasteiger partial charge in [0.1, 0.15) is 0 Å². The van der Waals surface area contributed by atoms with Crippen molar-refractivity contribution in [1.29, 1.82) is 0 Å². The minimum atomic E-state index is 0.0753. The van der Waals surface area contributed by atoms with Crippen LogP contribution in [-0.4, -0.2) is 25.5 Å². The molecule has 0 fully saturated rings. The molecule has 0 aliphatic carbocycles. The van der Waals surface area contributed by atoms with E-state index in [1.54, 1.807) is 0 Å². The van der Waals surface area contributed by atoms with Gasteiger partial charge in [-0.05, 0) is 18.6 Å². The number of carbonyl (C=O) groups excluding carboxylic acids is 1. The summed E-state index contributed by atoms with van der Waals surface area (Å²) in [4.78, 5) is 13.7. The Hall–Kier alpha value is -1.55. The standard InChI is InChI=1S/C12H17N3O/c1-9-3-2-4-10-12(9)15(8-6-13)7-5-11(16)14-10/h2-4H,5-8,13H2,1H3,(H,14,16). The molecule has 1 aromatic rings. The van der Waals surface area contributed by atoms with E-state index < -0.39 is 0 Å². The Kier molecular flexibility index (Phi) is 3.10. The summed E-state index contributed by atoms with van der Waals surface area (Å²) in [5, 5.41) is 2.93. The molecule has 0 saturated heterocycles. The molecule has 86 valence electrons. The summed E-state index contributed by atoms with van der Waals surface area (Å²) < 4.78 is 0. The molecule has 1 aliphatic heterocycles. The van der Waals surface area contributed by atoms with E-state index in [4.69, 9.17) is 5.73 Å². The predicted molar refractivity (Wildman–Crippen MR) is 65.7 cm³/mol. The average Bonchev–Trinajstić information content (AvgIpc) is 2.40. The maximum Gasteiger partial charge on any atom is 0.226 e. The number of para-hydroxylation sites is 1. The van der Waals surface area contributed by atoms with Gasteiger partial charge in [-0.1, -0.05) is 12.1 Å². The minimum Gasteiger partial charge on any atom is -0.368 e. The summed E-state index contributed by atoms with van der Waals surface area (Å²) in [7, 11) is 0. The SMILES string of the molecule is Cc1cccc2c1N(CCN)CCC(=O)N2. The van der Waals surface area contributed by atoms with Crippen molar-refractivity contribution < 1.29 is 4.79 Å². The second-order valence-corrected chi connectivity index (χ2v) is 4.04. The van der Waals surface area contributed by atoms with Gasteiger partial charge in [0.25, 0.3) is 0 Å². The molecule has 1 aliphatic rings. The number of amides is 1. The first-order chi connectivity index (χ1) is 7.72. The molecule has 0 atom stereocenters. The third kappa shape index (κ3) is 2.02. The van der Waals surface area contributed by atoms with Crippen LogP contribution in [0.3, 0.4) is 0 Å². The van der Waals surface area contributed by atoms with Crippen molar-refractivity contribution in [2.45, 2.75) is 13.3 Å². The number of fused-ring (bicyclic) bond motifs is 1. The van der Waals surface area contributed by atoms with Crippen LogP contribution in [0.5, 0.6) is 0 Å². The van der Waals surface area contributed by atoms with Gasteiger partial charge in [-0.3, -0.25) is 4.79 Å². The zero-order chi connectivity index (χ0) is 11.5. The normalized spacial score (nSPS) is 15.4. The second-order valence-electron chi connectivity index (χ2n) is 4.04. The fraction of sp³-hybridized carbons (Fsp3) is 0.417. The highest BCUT2D eigenvalue weighted by molar-refractivity contribution is 5.96.